The van der Waals surface area contributed by atoms with Gasteiger partial charge in [-0.1, -0.05) is 167 Å². The van der Waals surface area contributed by atoms with Gasteiger partial charge in [-0.3, -0.25) is 0 Å². The second kappa shape index (κ2) is 35.1. The van der Waals surface area contributed by atoms with Gasteiger partial charge >= 0.3 is 0 Å². The maximum absolute atomic E-state index is 2.53. The summed E-state index contributed by atoms with van der Waals surface area (Å²) >= 11 is 0. The lowest BCUT2D eigenvalue weighted by molar-refractivity contribution is 0.535. The lowest BCUT2D eigenvalue weighted by Gasteiger charge is -2.21. The minimum atomic E-state index is 0.234. The lowest BCUT2D eigenvalue weighted by atomic mass is 10.0. The summed E-state index contributed by atoms with van der Waals surface area (Å²) in [5.74, 6) is 0. The largest absolute Gasteiger partial charge is 0.110 e. The Balaban J connectivity index is 3.46. The second-order valence-corrected chi connectivity index (χ2v) is 15.7. The second-order valence-electron chi connectivity index (χ2n) is 13.1. The van der Waals surface area contributed by atoms with Crippen molar-refractivity contribution in [1.29, 1.82) is 0 Å². The third-order valence-corrected chi connectivity index (χ3v) is 10.8. The van der Waals surface area contributed by atoms with Gasteiger partial charge in [0, 0.05) is 0 Å². The molecule has 0 spiro atoms. The summed E-state index contributed by atoms with van der Waals surface area (Å²) < 4.78 is 0. The maximum Gasteiger partial charge on any atom is -0.0214 e. The van der Waals surface area contributed by atoms with Gasteiger partial charge in [0.05, 0.1) is 0 Å². The quantitative estimate of drug-likeness (QED) is 0.0414. The van der Waals surface area contributed by atoms with Crippen LogP contribution in [0, 0.1) is 0 Å². The van der Waals surface area contributed by atoms with Gasteiger partial charge in [-0.2, -0.15) is 0 Å². The highest BCUT2D eigenvalue weighted by Crippen LogP contribution is 2.39. The van der Waals surface area contributed by atoms with Crippen molar-refractivity contribution in [3.63, 3.8) is 0 Å². The molecule has 238 valence electrons. The van der Waals surface area contributed by atoms with Crippen molar-refractivity contribution >= 4 is 7.92 Å². The van der Waals surface area contributed by atoms with Crippen molar-refractivity contribution in [2.24, 2.45) is 0 Å². The van der Waals surface area contributed by atoms with Crippen molar-refractivity contribution < 1.29 is 0 Å². The average Bonchev–Trinajstić information content (AvgIpc) is 2.95. The summed E-state index contributed by atoms with van der Waals surface area (Å²) in [6.45, 7) is 9.65. The van der Waals surface area contributed by atoms with E-state index in [-0.39, 0.29) is 7.92 Å². The molecule has 40 heavy (non-hydrogen) atoms. The first kappa shape index (κ1) is 39.9. The fourth-order valence-electron chi connectivity index (χ4n) is 5.92. The van der Waals surface area contributed by atoms with E-state index in [0.717, 1.165) is 5.66 Å². The molecule has 0 aliphatic rings. The van der Waals surface area contributed by atoms with Crippen LogP contribution < -0.4 is 0 Å². The molecule has 1 heteroatoms. The zero-order chi connectivity index (χ0) is 29.2. The van der Waals surface area contributed by atoms with E-state index in [1.807, 2.05) is 0 Å². The summed E-state index contributed by atoms with van der Waals surface area (Å²) in [6.07, 6.45) is 52.5. The van der Waals surface area contributed by atoms with E-state index in [2.05, 4.69) is 51.5 Å². The minimum absolute atomic E-state index is 0.234. The summed E-state index contributed by atoms with van der Waals surface area (Å²) in [4.78, 5) is 0. The van der Waals surface area contributed by atoms with Crippen molar-refractivity contribution in [3.8, 4) is 0 Å². The molecular formula is C39H77P. The monoisotopic (exact) mass is 577 g/mol. The molecule has 0 saturated carbocycles. The SMILES string of the molecule is CCCCCCCC/C=C\CCCCCCCCC(CCCCCCCC/C=C\CCCCCCCC)P(C)C. The van der Waals surface area contributed by atoms with E-state index in [1.54, 1.807) is 0 Å². The number of allylic oxidation sites excluding steroid dienone is 4. The van der Waals surface area contributed by atoms with Crippen LogP contribution in [0.2, 0.25) is 0 Å². The summed E-state index contributed by atoms with van der Waals surface area (Å²) in [7, 11) is 0.234. The van der Waals surface area contributed by atoms with Crippen LogP contribution in [0.25, 0.3) is 0 Å². The van der Waals surface area contributed by atoms with Crippen LogP contribution in [0.4, 0.5) is 0 Å². The molecule has 0 aliphatic heterocycles. The van der Waals surface area contributed by atoms with Crippen LogP contribution in [0.5, 0.6) is 0 Å². The lowest BCUT2D eigenvalue weighted by Crippen LogP contribution is -2.05. The minimum Gasteiger partial charge on any atom is -0.110 e. The highest BCUT2D eigenvalue weighted by atomic mass is 31.1. The topological polar surface area (TPSA) is 0 Å². The van der Waals surface area contributed by atoms with Crippen molar-refractivity contribution in [2.45, 2.75) is 212 Å². The predicted molar refractivity (Wildman–Crippen MR) is 191 cm³/mol. The highest BCUT2D eigenvalue weighted by molar-refractivity contribution is 7.56. The van der Waals surface area contributed by atoms with E-state index in [1.165, 1.54) is 193 Å². The molecule has 0 aromatic carbocycles. The van der Waals surface area contributed by atoms with Gasteiger partial charge < -0.3 is 0 Å². The van der Waals surface area contributed by atoms with Crippen LogP contribution in [0.1, 0.15) is 206 Å². The van der Waals surface area contributed by atoms with E-state index in [4.69, 9.17) is 0 Å². The molecule has 0 saturated heterocycles. The summed E-state index contributed by atoms with van der Waals surface area (Å²) in [5.41, 5.74) is 1.03. The summed E-state index contributed by atoms with van der Waals surface area (Å²) in [6, 6.07) is 0. The molecule has 0 nitrogen and oxygen atoms in total. The van der Waals surface area contributed by atoms with Gasteiger partial charge in [-0.25, -0.2) is 0 Å². The molecular weight excluding hydrogens is 499 g/mol. The van der Waals surface area contributed by atoms with Gasteiger partial charge in [-0.15, -0.1) is 7.92 Å². The van der Waals surface area contributed by atoms with Gasteiger partial charge in [0.15, 0.2) is 0 Å². The van der Waals surface area contributed by atoms with Gasteiger partial charge in [0.1, 0.15) is 0 Å². The summed E-state index contributed by atoms with van der Waals surface area (Å²) in [5, 5.41) is 0. The van der Waals surface area contributed by atoms with E-state index >= 15 is 0 Å². The number of hydrogen-bond donors (Lipinski definition) is 0. The molecule has 0 unspecified atom stereocenters. The van der Waals surface area contributed by atoms with Crippen LogP contribution in [-0.2, 0) is 0 Å². The molecule has 0 bridgehead atoms. The first-order valence-electron chi connectivity index (χ1n) is 18.7. The fourth-order valence-corrected chi connectivity index (χ4v) is 7.31. The molecule has 0 atom stereocenters. The molecule has 0 aliphatic carbocycles. The Morgan fingerprint density at radius 1 is 0.350 bits per heavy atom. The van der Waals surface area contributed by atoms with Crippen molar-refractivity contribution in [3.05, 3.63) is 24.3 Å². The van der Waals surface area contributed by atoms with Crippen molar-refractivity contribution in [2.75, 3.05) is 13.3 Å². The average molecular weight is 577 g/mol. The molecule has 0 N–H and O–H groups in total. The number of unbranched alkanes of at least 4 members (excludes halogenated alkanes) is 24. The third-order valence-electron chi connectivity index (χ3n) is 8.83. The molecule has 0 aromatic heterocycles. The predicted octanol–water partition coefficient (Wildman–Crippen LogP) is 15.0. The van der Waals surface area contributed by atoms with Gasteiger partial charge in [-0.05, 0) is 83.2 Å². The Morgan fingerprint density at radius 2 is 0.600 bits per heavy atom. The van der Waals surface area contributed by atoms with Gasteiger partial charge in [0.2, 0.25) is 0 Å². The molecule has 0 fully saturated rings. The van der Waals surface area contributed by atoms with Crippen LogP contribution in [0.15, 0.2) is 24.3 Å². The first-order valence-corrected chi connectivity index (χ1v) is 21.0. The third kappa shape index (κ3) is 32.4. The first-order chi connectivity index (χ1) is 19.7. The standard InChI is InChI=1S/C39H77P/c1-5-7-9-11-13-15-17-19-21-23-25-27-29-31-33-35-37-39(40(3)4)38-36-34-32-30-28-26-24-22-20-18-16-14-12-10-8-6-2/h19-22,39H,5-18,23-38H2,1-4H3/b21-19-,22-20-. The molecule has 0 radical (unpaired) electrons. The zero-order valence-electron chi connectivity index (χ0n) is 28.5. The van der Waals surface area contributed by atoms with Crippen molar-refractivity contribution in [1.82, 2.24) is 0 Å². The van der Waals surface area contributed by atoms with Crippen LogP contribution in [-0.4, -0.2) is 19.0 Å². The Hall–Kier alpha value is -0.0900. The normalized spacial score (nSPS) is 12.2. The van der Waals surface area contributed by atoms with E-state index in [0.29, 0.717) is 0 Å². The Morgan fingerprint density at radius 3 is 0.875 bits per heavy atom. The highest BCUT2D eigenvalue weighted by Gasteiger charge is 2.12. The number of hydrogen-bond acceptors (Lipinski definition) is 0. The Bertz CT molecular complexity index is 463. The maximum atomic E-state index is 2.53. The van der Waals surface area contributed by atoms with Crippen LogP contribution in [0.3, 0.4) is 0 Å². The zero-order valence-corrected chi connectivity index (χ0v) is 29.4. The van der Waals surface area contributed by atoms with Crippen LogP contribution >= 0.6 is 7.92 Å². The van der Waals surface area contributed by atoms with E-state index < -0.39 is 0 Å². The molecule has 0 heterocycles. The fraction of sp³-hybridized carbons (Fsp3) is 0.897. The Kier molecular flexibility index (Phi) is 35.0. The molecule has 0 rings (SSSR count). The van der Waals surface area contributed by atoms with E-state index in [9.17, 15) is 0 Å². The molecule has 0 aromatic rings. The van der Waals surface area contributed by atoms with Gasteiger partial charge in [0.25, 0.3) is 0 Å². The number of rotatable bonds is 33. The molecule has 0 amide bonds. The Labute approximate surface area is 257 Å². The smallest absolute Gasteiger partial charge is 0.0214 e.